The third kappa shape index (κ3) is 3.72. The summed E-state index contributed by atoms with van der Waals surface area (Å²) >= 11 is 0. The van der Waals surface area contributed by atoms with Crippen molar-refractivity contribution in [3.8, 4) is 0 Å². The van der Waals surface area contributed by atoms with Crippen LogP contribution in [0, 0.1) is 5.92 Å². The number of nitrogens with one attached hydrogen (secondary N) is 1. The Morgan fingerprint density at radius 2 is 1.70 bits per heavy atom. The van der Waals surface area contributed by atoms with Crippen LogP contribution in [-0.2, 0) is 14.3 Å². The minimum atomic E-state index is -1.07. The molecule has 1 heterocycles. The summed E-state index contributed by atoms with van der Waals surface area (Å²) in [6.45, 7) is 5.14. The Morgan fingerprint density at radius 1 is 1.15 bits per heavy atom. The van der Waals surface area contributed by atoms with Crippen molar-refractivity contribution in [2.45, 2.75) is 58.2 Å². The first-order valence-electron chi connectivity index (χ1n) is 9.32. The van der Waals surface area contributed by atoms with Crippen molar-refractivity contribution in [1.29, 1.82) is 0 Å². The second-order valence-corrected chi connectivity index (χ2v) is 7.22. The summed E-state index contributed by atoms with van der Waals surface area (Å²) < 4.78 is 5.34. The lowest BCUT2D eigenvalue weighted by Crippen LogP contribution is -2.51. The van der Waals surface area contributed by atoms with E-state index in [1.807, 2.05) is 6.92 Å². The summed E-state index contributed by atoms with van der Waals surface area (Å²) in [6.07, 6.45) is 1.43. The van der Waals surface area contributed by atoms with E-state index in [0.29, 0.717) is 6.42 Å². The number of carbonyl (C=O) groups excluding carboxylic acids is 4. The monoisotopic (exact) mass is 372 g/mol. The predicted molar refractivity (Wildman–Crippen MR) is 96.9 cm³/mol. The molecule has 0 saturated heterocycles. The molecule has 0 aromatic heterocycles. The number of esters is 1. The molecule has 7 heteroatoms. The first-order valence-corrected chi connectivity index (χ1v) is 9.32. The van der Waals surface area contributed by atoms with Crippen LogP contribution in [0.4, 0.5) is 0 Å². The van der Waals surface area contributed by atoms with E-state index in [4.69, 9.17) is 4.74 Å². The van der Waals surface area contributed by atoms with Crippen LogP contribution in [0.5, 0.6) is 0 Å². The number of ether oxygens (including phenoxy) is 1. The van der Waals surface area contributed by atoms with E-state index in [0.717, 1.165) is 17.7 Å². The van der Waals surface area contributed by atoms with E-state index in [-0.39, 0.29) is 29.0 Å². The average Bonchev–Trinajstić information content (AvgIpc) is 3.44. The van der Waals surface area contributed by atoms with E-state index in [1.54, 1.807) is 31.2 Å². The van der Waals surface area contributed by atoms with Gasteiger partial charge < -0.3 is 10.1 Å². The lowest BCUT2D eigenvalue weighted by atomic mass is 9.97. The summed E-state index contributed by atoms with van der Waals surface area (Å²) in [5, 5.41) is 2.78. The van der Waals surface area contributed by atoms with Gasteiger partial charge in [0.05, 0.1) is 11.1 Å². The van der Waals surface area contributed by atoms with Gasteiger partial charge in [-0.2, -0.15) is 0 Å². The van der Waals surface area contributed by atoms with Crippen LogP contribution >= 0.6 is 0 Å². The molecule has 1 aromatic rings. The van der Waals surface area contributed by atoms with Crippen molar-refractivity contribution >= 4 is 23.7 Å². The van der Waals surface area contributed by atoms with Crippen molar-refractivity contribution < 1.29 is 23.9 Å². The molecule has 27 heavy (non-hydrogen) atoms. The van der Waals surface area contributed by atoms with Gasteiger partial charge in [0.15, 0.2) is 6.10 Å². The van der Waals surface area contributed by atoms with Crippen LogP contribution in [-0.4, -0.2) is 46.8 Å². The van der Waals surface area contributed by atoms with Crippen molar-refractivity contribution in [3.63, 3.8) is 0 Å². The molecule has 3 rings (SSSR count). The summed E-state index contributed by atoms with van der Waals surface area (Å²) in [5.41, 5.74) is 0.561. The summed E-state index contributed by atoms with van der Waals surface area (Å²) in [4.78, 5) is 51.4. The molecule has 3 amide bonds. The summed E-state index contributed by atoms with van der Waals surface area (Å²) in [5.74, 6) is -2.42. The predicted octanol–water partition coefficient (Wildman–Crippen LogP) is 1.91. The van der Waals surface area contributed by atoms with Gasteiger partial charge in [-0.1, -0.05) is 32.4 Å². The van der Waals surface area contributed by atoms with Crippen LogP contribution in [0.1, 0.15) is 60.7 Å². The maximum atomic E-state index is 12.8. The lowest BCUT2D eigenvalue weighted by Gasteiger charge is -2.29. The highest BCUT2D eigenvalue weighted by Crippen LogP contribution is 2.29. The number of rotatable bonds is 7. The maximum Gasteiger partial charge on any atom is 0.330 e. The molecule has 0 radical (unpaired) electrons. The van der Waals surface area contributed by atoms with Crippen molar-refractivity contribution in [2.24, 2.45) is 5.92 Å². The molecule has 144 valence electrons. The van der Waals surface area contributed by atoms with Crippen molar-refractivity contribution in [3.05, 3.63) is 35.4 Å². The molecule has 0 unspecified atom stereocenters. The molecule has 2 aliphatic rings. The van der Waals surface area contributed by atoms with Gasteiger partial charge in [-0.15, -0.1) is 0 Å². The molecular formula is C20H24N2O5. The van der Waals surface area contributed by atoms with Crippen LogP contribution in [0.15, 0.2) is 24.3 Å². The topological polar surface area (TPSA) is 92.8 Å². The average molecular weight is 372 g/mol. The van der Waals surface area contributed by atoms with E-state index >= 15 is 0 Å². The molecule has 1 N–H and O–H groups in total. The molecule has 1 fully saturated rings. The first kappa shape index (κ1) is 19.1. The molecule has 0 bridgehead atoms. The number of hydrogen-bond acceptors (Lipinski definition) is 5. The Balaban J connectivity index is 1.80. The zero-order valence-electron chi connectivity index (χ0n) is 15.7. The summed E-state index contributed by atoms with van der Waals surface area (Å²) in [7, 11) is 0. The fourth-order valence-corrected chi connectivity index (χ4v) is 3.12. The van der Waals surface area contributed by atoms with Gasteiger partial charge in [-0.05, 0) is 37.8 Å². The SMILES string of the molecule is CC[C@H](C)[C@@H](C(=O)O[C@@H](C)C(=O)NC1CC1)N1C(=O)c2ccccc2C1=O. The molecule has 0 spiro atoms. The standard InChI is InChI=1S/C20H24N2O5/c1-4-11(2)16(20(26)27-12(3)17(23)21-13-9-10-13)22-18(24)14-7-5-6-8-15(14)19(22)25/h5-8,11-13,16H,4,9-10H2,1-3H3,(H,21,23)/t11-,12-,16-/m0/s1. The third-order valence-corrected chi connectivity index (χ3v) is 5.11. The zero-order valence-corrected chi connectivity index (χ0v) is 15.7. The Labute approximate surface area is 158 Å². The van der Waals surface area contributed by atoms with E-state index in [2.05, 4.69) is 5.32 Å². The lowest BCUT2D eigenvalue weighted by molar-refractivity contribution is -0.160. The van der Waals surface area contributed by atoms with Crippen LogP contribution in [0.2, 0.25) is 0 Å². The number of fused-ring (bicyclic) bond motifs is 1. The first-order chi connectivity index (χ1) is 12.8. The van der Waals surface area contributed by atoms with Gasteiger partial charge in [0.2, 0.25) is 0 Å². The smallest absolute Gasteiger partial charge is 0.330 e. The molecule has 1 aliphatic carbocycles. The molecule has 3 atom stereocenters. The van der Waals surface area contributed by atoms with Crippen molar-refractivity contribution in [2.75, 3.05) is 0 Å². The van der Waals surface area contributed by atoms with Gasteiger partial charge in [-0.25, -0.2) is 4.79 Å². The fourth-order valence-electron chi connectivity index (χ4n) is 3.12. The molecule has 7 nitrogen and oxygen atoms in total. The Kier molecular flexibility index (Phi) is 5.30. The highest BCUT2D eigenvalue weighted by Gasteiger charge is 2.45. The largest absolute Gasteiger partial charge is 0.451 e. The molecule has 1 aliphatic heterocycles. The van der Waals surface area contributed by atoms with E-state index < -0.39 is 29.9 Å². The van der Waals surface area contributed by atoms with Crippen LogP contribution < -0.4 is 5.32 Å². The molecular weight excluding hydrogens is 348 g/mol. The number of benzene rings is 1. The number of hydrogen-bond donors (Lipinski definition) is 1. The normalized spacial score (nSPS) is 19.3. The maximum absolute atomic E-state index is 12.8. The van der Waals surface area contributed by atoms with Gasteiger partial charge in [0.25, 0.3) is 17.7 Å². The van der Waals surface area contributed by atoms with E-state index in [1.165, 1.54) is 6.92 Å². The quantitative estimate of drug-likeness (QED) is 0.583. The number of carbonyl (C=O) groups is 4. The second kappa shape index (κ2) is 7.50. The van der Waals surface area contributed by atoms with Crippen molar-refractivity contribution in [1.82, 2.24) is 10.2 Å². The van der Waals surface area contributed by atoms with Gasteiger partial charge in [0.1, 0.15) is 6.04 Å². The third-order valence-electron chi connectivity index (χ3n) is 5.11. The Morgan fingerprint density at radius 3 is 2.19 bits per heavy atom. The molecule has 1 aromatic carbocycles. The van der Waals surface area contributed by atoms with Gasteiger partial charge >= 0.3 is 5.97 Å². The molecule has 1 saturated carbocycles. The summed E-state index contributed by atoms with van der Waals surface area (Å²) in [6, 6.07) is 5.57. The minimum absolute atomic E-state index is 0.153. The zero-order chi connectivity index (χ0) is 19.7. The van der Waals surface area contributed by atoms with Crippen LogP contribution in [0.25, 0.3) is 0 Å². The van der Waals surface area contributed by atoms with E-state index in [9.17, 15) is 19.2 Å². The number of amides is 3. The second-order valence-electron chi connectivity index (χ2n) is 7.22. The van der Waals surface area contributed by atoms with Gasteiger partial charge in [-0.3, -0.25) is 19.3 Å². The Hall–Kier alpha value is -2.70. The van der Waals surface area contributed by atoms with Crippen LogP contribution in [0.3, 0.4) is 0 Å². The highest BCUT2D eigenvalue weighted by atomic mass is 16.5. The number of imide groups is 1. The minimum Gasteiger partial charge on any atom is -0.451 e. The Bertz CT molecular complexity index is 751. The fraction of sp³-hybridized carbons (Fsp3) is 0.500. The van der Waals surface area contributed by atoms with Gasteiger partial charge in [0, 0.05) is 6.04 Å². The number of nitrogens with zero attached hydrogens (tertiary/aromatic N) is 1. The highest BCUT2D eigenvalue weighted by molar-refractivity contribution is 6.22.